The van der Waals surface area contributed by atoms with Crippen molar-refractivity contribution in [1.29, 1.82) is 0 Å². The summed E-state index contributed by atoms with van der Waals surface area (Å²) in [5.74, 6) is 0.290. The number of hydrogen-bond donors (Lipinski definition) is 0. The van der Waals surface area contributed by atoms with Gasteiger partial charge in [0.2, 0.25) is 5.91 Å². The highest BCUT2D eigenvalue weighted by molar-refractivity contribution is 5.81. The van der Waals surface area contributed by atoms with Gasteiger partial charge in [-0.25, -0.2) is 0 Å². The molecule has 2 saturated heterocycles. The topological polar surface area (TPSA) is 49.9 Å². The van der Waals surface area contributed by atoms with E-state index in [-0.39, 0.29) is 17.9 Å². The molecule has 2 aliphatic heterocycles. The average Bonchev–Trinajstić information content (AvgIpc) is 3.05. The molecular weight excluding hydrogens is 316 g/mol. The van der Waals surface area contributed by atoms with Crippen LogP contribution in [0.1, 0.15) is 36.8 Å². The van der Waals surface area contributed by atoms with Gasteiger partial charge in [-0.15, -0.1) is 0 Å². The number of carbonyl (C=O) groups excluding carboxylic acids is 2. The second kappa shape index (κ2) is 8.48. The third-order valence-corrected chi connectivity index (χ3v) is 5.11. The molecule has 136 valence electrons. The fraction of sp³-hybridized carbons (Fsp3) is 0.600. The van der Waals surface area contributed by atoms with Crippen LogP contribution in [0.25, 0.3) is 0 Å². The minimum absolute atomic E-state index is 0.103. The molecule has 0 saturated carbocycles. The summed E-state index contributed by atoms with van der Waals surface area (Å²) in [6.45, 7) is 5.46. The summed E-state index contributed by atoms with van der Waals surface area (Å²) in [7, 11) is 0. The van der Waals surface area contributed by atoms with Crippen LogP contribution in [0, 0.1) is 6.92 Å². The van der Waals surface area contributed by atoms with Crippen molar-refractivity contribution in [3.05, 3.63) is 35.4 Å². The molecule has 5 nitrogen and oxygen atoms in total. The van der Waals surface area contributed by atoms with E-state index < -0.39 is 0 Å². The van der Waals surface area contributed by atoms with Gasteiger partial charge in [-0.05, 0) is 38.2 Å². The van der Waals surface area contributed by atoms with Crippen LogP contribution >= 0.6 is 0 Å². The molecule has 2 aliphatic rings. The zero-order valence-corrected chi connectivity index (χ0v) is 15.1. The quantitative estimate of drug-likeness (QED) is 0.841. The van der Waals surface area contributed by atoms with E-state index in [2.05, 4.69) is 31.2 Å². The number of nitrogens with zero attached hydrogens (tertiary/aromatic N) is 2. The van der Waals surface area contributed by atoms with Gasteiger partial charge in [-0.3, -0.25) is 9.59 Å². The van der Waals surface area contributed by atoms with Gasteiger partial charge in [0.1, 0.15) is 6.10 Å². The molecule has 2 amide bonds. The second-order valence-electron chi connectivity index (χ2n) is 7.05. The monoisotopic (exact) mass is 344 g/mol. The van der Waals surface area contributed by atoms with Gasteiger partial charge in [0.05, 0.1) is 0 Å². The van der Waals surface area contributed by atoms with Gasteiger partial charge in [-0.2, -0.15) is 0 Å². The summed E-state index contributed by atoms with van der Waals surface area (Å²) >= 11 is 0. The van der Waals surface area contributed by atoms with Crippen LogP contribution in [-0.4, -0.2) is 60.5 Å². The van der Waals surface area contributed by atoms with E-state index in [9.17, 15) is 9.59 Å². The summed E-state index contributed by atoms with van der Waals surface area (Å²) in [6.07, 6.45) is 3.68. The highest BCUT2D eigenvalue weighted by Gasteiger charge is 2.29. The van der Waals surface area contributed by atoms with Crippen molar-refractivity contribution in [3.63, 3.8) is 0 Å². The minimum atomic E-state index is -0.260. The Balaban J connectivity index is 1.47. The van der Waals surface area contributed by atoms with Crippen molar-refractivity contribution < 1.29 is 14.3 Å². The third kappa shape index (κ3) is 4.82. The molecule has 3 rings (SSSR count). The van der Waals surface area contributed by atoms with E-state index in [1.54, 1.807) is 0 Å². The van der Waals surface area contributed by atoms with E-state index in [1.807, 2.05) is 9.80 Å². The summed E-state index contributed by atoms with van der Waals surface area (Å²) in [5.41, 5.74) is 2.43. The Hall–Kier alpha value is -1.88. The van der Waals surface area contributed by atoms with Gasteiger partial charge in [-0.1, -0.05) is 29.8 Å². The van der Waals surface area contributed by atoms with Crippen molar-refractivity contribution in [3.8, 4) is 0 Å². The van der Waals surface area contributed by atoms with E-state index >= 15 is 0 Å². The zero-order chi connectivity index (χ0) is 17.6. The molecule has 0 aliphatic carbocycles. The SMILES string of the molecule is Cc1ccc(CCC(=O)N2CCCN(C(=O)C3CCCO3)CC2)cc1. The summed E-state index contributed by atoms with van der Waals surface area (Å²) in [5, 5.41) is 0. The lowest BCUT2D eigenvalue weighted by Gasteiger charge is -2.24. The Labute approximate surface area is 149 Å². The fourth-order valence-corrected chi connectivity index (χ4v) is 3.53. The van der Waals surface area contributed by atoms with Crippen molar-refractivity contribution in [1.82, 2.24) is 9.80 Å². The van der Waals surface area contributed by atoms with Crippen LogP contribution < -0.4 is 0 Å². The molecule has 0 spiro atoms. The van der Waals surface area contributed by atoms with Crippen LogP contribution in [0.15, 0.2) is 24.3 Å². The smallest absolute Gasteiger partial charge is 0.251 e. The van der Waals surface area contributed by atoms with Crippen molar-refractivity contribution in [2.24, 2.45) is 0 Å². The molecule has 0 radical (unpaired) electrons. The number of carbonyl (C=O) groups is 2. The Morgan fingerprint density at radius 1 is 1.04 bits per heavy atom. The predicted molar refractivity (Wildman–Crippen MR) is 96.3 cm³/mol. The van der Waals surface area contributed by atoms with Gasteiger partial charge in [0.15, 0.2) is 0 Å². The zero-order valence-electron chi connectivity index (χ0n) is 15.1. The van der Waals surface area contributed by atoms with Crippen LogP contribution in [0.4, 0.5) is 0 Å². The Bertz CT molecular complexity index is 593. The molecule has 1 aromatic rings. The lowest BCUT2D eigenvalue weighted by Crippen LogP contribution is -2.41. The van der Waals surface area contributed by atoms with E-state index in [1.165, 1.54) is 11.1 Å². The van der Waals surface area contributed by atoms with Crippen LogP contribution in [0.3, 0.4) is 0 Å². The van der Waals surface area contributed by atoms with E-state index in [0.717, 1.165) is 38.8 Å². The first kappa shape index (κ1) is 17.9. The van der Waals surface area contributed by atoms with E-state index in [0.29, 0.717) is 26.1 Å². The van der Waals surface area contributed by atoms with Crippen LogP contribution in [-0.2, 0) is 20.7 Å². The van der Waals surface area contributed by atoms with Crippen molar-refractivity contribution >= 4 is 11.8 Å². The molecular formula is C20H28N2O3. The minimum Gasteiger partial charge on any atom is -0.368 e. The molecule has 0 N–H and O–H groups in total. The highest BCUT2D eigenvalue weighted by atomic mass is 16.5. The molecule has 1 aromatic carbocycles. The normalized spacial score (nSPS) is 21.2. The number of aryl methyl sites for hydroxylation is 2. The number of hydrogen-bond acceptors (Lipinski definition) is 3. The number of amides is 2. The Kier molecular flexibility index (Phi) is 6.08. The van der Waals surface area contributed by atoms with Gasteiger partial charge in [0.25, 0.3) is 5.91 Å². The predicted octanol–water partition coefficient (Wildman–Crippen LogP) is 2.17. The third-order valence-electron chi connectivity index (χ3n) is 5.11. The standard InChI is InChI=1S/C20H28N2O3/c1-16-5-7-17(8-6-16)9-10-19(23)21-11-3-12-22(14-13-21)20(24)18-4-2-15-25-18/h5-8,18H,2-4,9-15H2,1H3. The van der Waals surface area contributed by atoms with Gasteiger partial charge in [0, 0.05) is 39.2 Å². The fourth-order valence-electron chi connectivity index (χ4n) is 3.53. The molecule has 25 heavy (non-hydrogen) atoms. The molecule has 0 bridgehead atoms. The first-order valence-corrected chi connectivity index (χ1v) is 9.37. The molecule has 0 aromatic heterocycles. The lowest BCUT2D eigenvalue weighted by molar-refractivity contribution is -0.141. The number of ether oxygens (including phenoxy) is 1. The lowest BCUT2D eigenvalue weighted by atomic mass is 10.1. The summed E-state index contributed by atoms with van der Waals surface area (Å²) in [6, 6.07) is 8.35. The number of rotatable bonds is 4. The van der Waals surface area contributed by atoms with Crippen molar-refractivity contribution in [2.75, 3.05) is 32.8 Å². The summed E-state index contributed by atoms with van der Waals surface area (Å²) < 4.78 is 5.51. The number of benzene rings is 1. The highest BCUT2D eigenvalue weighted by Crippen LogP contribution is 2.16. The first-order valence-electron chi connectivity index (χ1n) is 9.37. The Morgan fingerprint density at radius 2 is 1.76 bits per heavy atom. The maximum absolute atomic E-state index is 12.5. The maximum atomic E-state index is 12.5. The second-order valence-corrected chi connectivity index (χ2v) is 7.05. The van der Waals surface area contributed by atoms with E-state index in [4.69, 9.17) is 4.74 Å². The molecule has 1 unspecified atom stereocenters. The summed E-state index contributed by atoms with van der Waals surface area (Å²) in [4.78, 5) is 28.8. The van der Waals surface area contributed by atoms with Crippen LogP contribution in [0.2, 0.25) is 0 Å². The maximum Gasteiger partial charge on any atom is 0.251 e. The molecule has 1 atom stereocenters. The largest absolute Gasteiger partial charge is 0.368 e. The molecule has 5 heteroatoms. The van der Waals surface area contributed by atoms with Crippen LogP contribution in [0.5, 0.6) is 0 Å². The molecule has 2 fully saturated rings. The Morgan fingerprint density at radius 3 is 2.48 bits per heavy atom. The molecule has 2 heterocycles. The van der Waals surface area contributed by atoms with Gasteiger partial charge < -0.3 is 14.5 Å². The van der Waals surface area contributed by atoms with Crippen molar-refractivity contribution in [2.45, 2.75) is 45.1 Å². The first-order chi connectivity index (χ1) is 12.1. The van der Waals surface area contributed by atoms with Gasteiger partial charge >= 0.3 is 0 Å². The average molecular weight is 344 g/mol.